The van der Waals surface area contributed by atoms with Crippen LogP contribution in [0.5, 0.6) is 0 Å². The largest absolute Gasteiger partial charge is 0.444 e. The van der Waals surface area contributed by atoms with E-state index in [2.05, 4.69) is 5.32 Å². The van der Waals surface area contributed by atoms with Crippen LogP contribution in [-0.4, -0.2) is 28.9 Å². The molecule has 0 radical (unpaired) electrons. The molecule has 0 unspecified atom stereocenters. The van der Waals surface area contributed by atoms with E-state index in [0.29, 0.717) is 0 Å². The highest BCUT2D eigenvalue weighted by Crippen LogP contribution is 2.18. The predicted molar refractivity (Wildman–Crippen MR) is 62.2 cm³/mol. The molecule has 94 valence electrons. The lowest BCUT2D eigenvalue weighted by atomic mass is 10.1. The van der Waals surface area contributed by atoms with E-state index in [4.69, 9.17) is 4.74 Å². The normalized spacial score (nSPS) is 27.0. The minimum Gasteiger partial charge on any atom is -0.444 e. The van der Waals surface area contributed by atoms with Crippen molar-refractivity contribution in [1.82, 2.24) is 5.32 Å². The van der Waals surface area contributed by atoms with Crippen LogP contribution in [0.2, 0.25) is 0 Å². The summed E-state index contributed by atoms with van der Waals surface area (Å²) < 4.78 is 5.20. The van der Waals surface area contributed by atoms with E-state index in [-0.39, 0.29) is 18.2 Å². The van der Waals surface area contributed by atoms with Crippen molar-refractivity contribution in [3.8, 4) is 0 Å². The fourth-order valence-electron chi connectivity index (χ4n) is 1.90. The van der Waals surface area contributed by atoms with Gasteiger partial charge in [-0.05, 0) is 52.9 Å². The smallest absolute Gasteiger partial charge is 0.407 e. The average molecular weight is 229 g/mol. The molecule has 1 fully saturated rings. The number of ether oxygens (including phenoxy) is 1. The minimum atomic E-state index is -0.450. The Hall–Kier alpha value is -0.770. The molecular formula is C12H23NO3. The molecule has 2 atom stereocenters. The van der Waals surface area contributed by atoms with Gasteiger partial charge in [-0.2, -0.15) is 0 Å². The Labute approximate surface area is 97.4 Å². The third kappa shape index (κ3) is 5.35. The summed E-state index contributed by atoms with van der Waals surface area (Å²) >= 11 is 0. The van der Waals surface area contributed by atoms with Gasteiger partial charge in [-0.15, -0.1) is 0 Å². The predicted octanol–water partition coefficient (Wildman–Crippen LogP) is 2.20. The lowest BCUT2D eigenvalue weighted by Gasteiger charge is -2.22. The van der Waals surface area contributed by atoms with E-state index < -0.39 is 5.60 Å². The van der Waals surface area contributed by atoms with Gasteiger partial charge in [-0.3, -0.25) is 0 Å². The van der Waals surface area contributed by atoms with Crippen LogP contribution in [0.25, 0.3) is 0 Å². The molecule has 4 nitrogen and oxygen atoms in total. The molecule has 0 aromatic carbocycles. The van der Waals surface area contributed by atoms with Gasteiger partial charge in [0, 0.05) is 6.04 Å². The Morgan fingerprint density at radius 2 is 1.94 bits per heavy atom. The summed E-state index contributed by atoms with van der Waals surface area (Å²) in [6.07, 6.45) is 3.77. The molecule has 1 saturated carbocycles. The first-order valence-corrected chi connectivity index (χ1v) is 6.04. The van der Waals surface area contributed by atoms with E-state index in [1.54, 1.807) is 0 Å². The highest BCUT2D eigenvalue weighted by molar-refractivity contribution is 5.68. The fraction of sp³-hybridized carbons (Fsp3) is 0.917. The zero-order valence-electron chi connectivity index (χ0n) is 10.5. The van der Waals surface area contributed by atoms with Gasteiger partial charge in [0.2, 0.25) is 0 Å². The Kier molecular flexibility index (Phi) is 4.59. The highest BCUT2D eigenvalue weighted by Gasteiger charge is 2.22. The number of hydrogen-bond donors (Lipinski definition) is 2. The lowest BCUT2D eigenvalue weighted by Crippen LogP contribution is -2.38. The third-order valence-corrected chi connectivity index (χ3v) is 2.66. The molecule has 0 heterocycles. The van der Waals surface area contributed by atoms with Crippen LogP contribution in [0.4, 0.5) is 4.79 Å². The van der Waals surface area contributed by atoms with Crippen LogP contribution in [0.1, 0.15) is 52.9 Å². The standard InChI is InChI=1S/C12H23NO3/c1-12(2,3)16-11(15)13-9-5-4-6-10(14)8-7-9/h9-10,14H,4-8H2,1-3H3,(H,13,15)/t9-,10-/m1/s1. The second-order valence-electron chi connectivity index (χ2n) is 5.51. The van der Waals surface area contributed by atoms with Crippen LogP contribution < -0.4 is 5.32 Å². The second kappa shape index (κ2) is 5.53. The monoisotopic (exact) mass is 229 g/mol. The number of rotatable bonds is 1. The summed E-state index contributed by atoms with van der Waals surface area (Å²) in [6.45, 7) is 5.55. The van der Waals surface area contributed by atoms with E-state index in [0.717, 1.165) is 32.1 Å². The summed E-state index contributed by atoms with van der Waals surface area (Å²) in [7, 11) is 0. The van der Waals surface area contributed by atoms with E-state index >= 15 is 0 Å². The number of carbonyl (C=O) groups is 1. The first kappa shape index (κ1) is 13.3. The molecule has 16 heavy (non-hydrogen) atoms. The zero-order chi connectivity index (χ0) is 12.2. The van der Waals surface area contributed by atoms with Crippen molar-refractivity contribution < 1.29 is 14.6 Å². The molecule has 2 N–H and O–H groups in total. The number of aliphatic hydroxyl groups excluding tert-OH is 1. The summed E-state index contributed by atoms with van der Waals surface area (Å²) in [5.41, 5.74) is -0.450. The van der Waals surface area contributed by atoms with Gasteiger partial charge in [0.25, 0.3) is 0 Å². The molecule has 1 rings (SSSR count). The molecule has 0 bridgehead atoms. The van der Waals surface area contributed by atoms with Crippen molar-refractivity contribution in [2.24, 2.45) is 0 Å². The second-order valence-corrected chi connectivity index (χ2v) is 5.51. The SMILES string of the molecule is CC(C)(C)OC(=O)N[C@@H]1CCC[C@@H](O)CC1. The van der Waals surface area contributed by atoms with Gasteiger partial charge in [-0.1, -0.05) is 0 Å². The number of nitrogens with one attached hydrogen (secondary N) is 1. The molecule has 0 spiro atoms. The molecule has 1 aliphatic carbocycles. The first-order valence-electron chi connectivity index (χ1n) is 6.04. The van der Waals surface area contributed by atoms with Gasteiger partial charge < -0.3 is 15.2 Å². The van der Waals surface area contributed by atoms with Gasteiger partial charge in [0.1, 0.15) is 5.60 Å². The van der Waals surface area contributed by atoms with Crippen LogP contribution in [0.3, 0.4) is 0 Å². The lowest BCUT2D eigenvalue weighted by molar-refractivity contribution is 0.0498. The molecular weight excluding hydrogens is 206 g/mol. The number of alkyl carbamates (subject to hydrolysis) is 1. The van der Waals surface area contributed by atoms with Crippen LogP contribution in [0.15, 0.2) is 0 Å². The number of amides is 1. The van der Waals surface area contributed by atoms with Crippen molar-refractivity contribution in [1.29, 1.82) is 0 Å². The van der Waals surface area contributed by atoms with Crippen molar-refractivity contribution in [2.75, 3.05) is 0 Å². The topological polar surface area (TPSA) is 58.6 Å². The molecule has 0 aromatic heterocycles. The number of carbonyl (C=O) groups excluding carboxylic acids is 1. The van der Waals surface area contributed by atoms with Crippen molar-refractivity contribution in [3.63, 3.8) is 0 Å². The minimum absolute atomic E-state index is 0.145. The highest BCUT2D eigenvalue weighted by atomic mass is 16.6. The fourth-order valence-corrected chi connectivity index (χ4v) is 1.90. The number of hydrogen-bond acceptors (Lipinski definition) is 3. The quantitative estimate of drug-likeness (QED) is 0.678. The van der Waals surface area contributed by atoms with Crippen LogP contribution in [-0.2, 0) is 4.74 Å². The van der Waals surface area contributed by atoms with Gasteiger partial charge in [0.05, 0.1) is 6.10 Å². The molecule has 1 aliphatic rings. The molecule has 0 aliphatic heterocycles. The zero-order valence-corrected chi connectivity index (χ0v) is 10.5. The summed E-state index contributed by atoms with van der Waals surface area (Å²) in [5.74, 6) is 0. The maximum absolute atomic E-state index is 11.5. The van der Waals surface area contributed by atoms with Crippen molar-refractivity contribution in [3.05, 3.63) is 0 Å². The van der Waals surface area contributed by atoms with Crippen LogP contribution >= 0.6 is 0 Å². The van der Waals surface area contributed by atoms with Crippen molar-refractivity contribution in [2.45, 2.75) is 70.6 Å². The Bertz CT molecular complexity index is 235. The Balaban J connectivity index is 2.33. The van der Waals surface area contributed by atoms with Crippen LogP contribution in [0, 0.1) is 0 Å². The number of aliphatic hydroxyl groups is 1. The molecule has 0 aromatic rings. The molecule has 0 saturated heterocycles. The average Bonchev–Trinajstić information content (AvgIpc) is 2.27. The maximum atomic E-state index is 11.5. The summed E-state index contributed by atoms with van der Waals surface area (Å²) in [4.78, 5) is 11.5. The maximum Gasteiger partial charge on any atom is 0.407 e. The summed E-state index contributed by atoms with van der Waals surface area (Å²) in [6, 6.07) is 0.145. The third-order valence-electron chi connectivity index (χ3n) is 2.66. The molecule has 4 heteroatoms. The van der Waals surface area contributed by atoms with Crippen molar-refractivity contribution >= 4 is 6.09 Å². The molecule has 1 amide bonds. The Morgan fingerprint density at radius 3 is 2.56 bits per heavy atom. The van der Waals surface area contributed by atoms with Gasteiger partial charge in [0.15, 0.2) is 0 Å². The van der Waals surface area contributed by atoms with E-state index in [9.17, 15) is 9.90 Å². The van der Waals surface area contributed by atoms with E-state index in [1.807, 2.05) is 20.8 Å². The van der Waals surface area contributed by atoms with Gasteiger partial charge >= 0.3 is 6.09 Å². The van der Waals surface area contributed by atoms with E-state index in [1.165, 1.54) is 0 Å². The Morgan fingerprint density at radius 1 is 1.25 bits per heavy atom. The first-order chi connectivity index (χ1) is 7.37. The summed E-state index contributed by atoms with van der Waals surface area (Å²) in [5, 5.41) is 12.3. The van der Waals surface area contributed by atoms with Gasteiger partial charge in [-0.25, -0.2) is 4.79 Å².